The highest BCUT2D eigenvalue weighted by Gasteiger charge is 2.22. The van der Waals surface area contributed by atoms with Gasteiger partial charge < -0.3 is 14.9 Å². The molecule has 0 bridgehead atoms. The number of aromatic hydroxyl groups is 2. The van der Waals surface area contributed by atoms with Crippen LogP contribution in [0.1, 0.15) is 31.7 Å². The predicted molar refractivity (Wildman–Crippen MR) is 72.5 cm³/mol. The number of hydrogen-bond acceptors (Lipinski definition) is 3. The Labute approximate surface area is 107 Å². The van der Waals surface area contributed by atoms with Gasteiger partial charge in [-0.15, -0.1) is 0 Å². The van der Waals surface area contributed by atoms with Gasteiger partial charge in [0.2, 0.25) is 0 Å². The zero-order valence-electron chi connectivity index (χ0n) is 10.9. The molecule has 0 aliphatic rings. The van der Waals surface area contributed by atoms with Crippen molar-refractivity contribution in [1.29, 1.82) is 0 Å². The molecular formula is C15H18O3. The maximum absolute atomic E-state index is 10.4. The normalized spacial score (nSPS) is 12.6. The monoisotopic (exact) mass is 246 g/mol. The number of hydrogen-bond donors (Lipinski definition) is 2. The molecule has 0 heterocycles. The fraction of sp³-hybridized carbons (Fsp3) is 0.333. The number of phenols is 2. The van der Waals surface area contributed by atoms with Gasteiger partial charge in [-0.1, -0.05) is 38.1 Å². The number of rotatable bonds is 3. The van der Waals surface area contributed by atoms with Gasteiger partial charge in [-0.25, -0.2) is 0 Å². The molecular weight excluding hydrogens is 228 g/mol. The van der Waals surface area contributed by atoms with Crippen molar-refractivity contribution >= 4 is 10.8 Å². The fourth-order valence-electron chi connectivity index (χ4n) is 2.27. The van der Waals surface area contributed by atoms with E-state index in [-0.39, 0.29) is 17.4 Å². The Balaban J connectivity index is 2.88. The largest absolute Gasteiger partial charge is 0.507 e. The van der Waals surface area contributed by atoms with Crippen molar-refractivity contribution in [1.82, 2.24) is 0 Å². The average Bonchev–Trinajstić information content (AvgIpc) is 2.41. The molecule has 0 aliphatic heterocycles. The van der Waals surface area contributed by atoms with Gasteiger partial charge in [0.05, 0.1) is 7.11 Å². The smallest absolute Gasteiger partial charge is 0.168 e. The van der Waals surface area contributed by atoms with Gasteiger partial charge in [-0.05, 0) is 12.3 Å². The van der Waals surface area contributed by atoms with Gasteiger partial charge in [-0.2, -0.15) is 0 Å². The highest BCUT2D eigenvalue weighted by molar-refractivity contribution is 5.96. The summed E-state index contributed by atoms with van der Waals surface area (Å²) in [6.45, 7) is 4.04. The first-order valence-electron chi connectivity index (χ1n) is 6.12. The molecule has 3 heteroatoms. The highest BCUT2D eigenvalue weighted by Crippen LogP contribution is 2.48. The summed E-state index contributed by atoms with van der Waals surface area (Å²) in [4.78, 5) is 0. The molecule has 1 unspecified atom stereocenters. The summed E-state index contributed by atoms with van der Waals surface area (Å²) < 4.78 is 5.28. The van der Waals surface area contributed by atoms with Crippen LogP contribution in [-0.2, 0) is 0 Å². The van der Waals surface area contributed by atoms with Crippen molar-refractivity contribution in [3.63, 3.8) is 0 Å². The highest BCUT2D eigenvalue weighted by atomic mass is 16.5. The van der Waals surface area contributed by atoms with E-state index < -0.39 is 0 Å². The Morgan fingerprint density at radius 2 is 1.67 bits per heavy atom. The van der Waals surface area contributed by atoms with Crippen molar-refractivity contribution in [2.45, 2.75) is 26.2 Å². The van der Waals surface area contributed by atoms with Crippen LogP contribution in [0.5, 0.6) is 17.2 Å². The molecule has 0 spiro atoms. The van der Waals surface area contributed by atoms with E-state index in [4.69, 9.17) is 4.74 Å². The lowest BCUT2D eigenvalue weighted by molar-refractivity contribution is 0.362. The first-order valence-corrected chi connectivity index (χ1v) is 6.12. The van der Waals surface area contributed by atoms with Crippen LogP contribution in [0.3, 0.4) is 0 Å². The second kappa shape index (κ2) is 4.77. The zero-order valence-corrected chi connectivity index (χ0v) is 10.9. The minimum atomic E-state index is 0.0983. The molecule has 0 radical (unpaired) electrons. The van der Waals surface area contributed by atoms with Crippen LogP contribution in [0.4, 0.5) is 0 Å². The van der Waals surface area contributed by atoms with Crippen molar-refractivity contribution in [2.24, 2.45) is 0 Å². The fourth-order valence-corrected chi connectivity index (χ4v) is 2.27. The van der Waals surface area contributed by atoms with Gasteiger partial charge in [0.1, 0.15) is 5.75 Å². The second-order valence-corrected chi connectivity index (χ2v) is 4.50. The van der Waals surface area contributed by atoms with Crippen molar-refractivity contribution < 1.29 is 14.9 Å². The number of benzene rings is 2. The quantitative estimate of drug-likeness (QED) is 0.810. The topological polar surface area (TPSA) is 49.7 Å². The Hall–Kier alpha value is -1.90. The Morgan fingerprint density at radius 3 is 2.17 bits per heavy atom. The third-order valence-corrected chi connectivity index (χ3v) is 3.46. The second-order valence-electron chi connectivity index (χ2n) is 4.50. The summed E-state index contributed by atoms with van der Waals surface area (Å²) in [5, 5.41) is 21.9. The van der Waals surface area contributed by atoms with E-state index in [0.717, 1.165) is 6.42 Å². The predicted octanol–water partition coefficient (Wildman–Crippen LogP) is 3.77. The van der Waals surface area contributed by atoms with E-state index in [1.807, 2.05) is 26.0 Å². The molecule has 96 valence electrons. The van der Waals surface area contributed by atoms with Crippen LogP contribution in [0.15, 0.2) is 24.3 Å². The molecule has 2 N–H and O–H groups in total. The summed E-state index contributed by atoms with van der Waals surface area (Å²) in [7, 11) is 1.51. The Bertz CT molecular complexity index is 575. The first kappa shape index (κ1) is 12.6. The van der Waals surface area contributed by atoms with Crippen molar-refractivity contribution in [2.75, 3.05) is 7.11 Å². The van der Waals surface area contributed by atoms with Gasteiger partial charge in [0, 0.05) is 16.3 Å². The van der Waals surface area contributed by atoms with Crippen LogP contribution >= 0.6 is 0 Å². The third-order valence-electron chi connectivity index (χ3n) is 3.46. The van der Waals surface area contributed by atoms with Crippen LogP contribution in [0.2, 0.25) is 0 Å². The summed E-state index contributed by atoms with van der Waals surface area (Å²) in [6.07, 6.45) is 0.863. The third kappa shape index (κ3) is 1.76. The molecule has 2 aromatic rings. The molecule has 0 aromatic heterocycles. The van der Waals surface area contributed by atoms with E-state index in [9.17, 15) is 10.2 Å². The summed E-state index contributed by atoms with van der Waals surface area (Å²) in [5.41, 5.74) is 0.677. The molecule has 1 atom stereocenters. The molecule has 0 saturated carbocycles. The number of methoxy groups -OCH3 is 1. The van der Waals surface area contributed by atoms with Gasteiger partial charge >= 0.3 is 0 Å². The molecule has 0 amide bonds. The van der Waals surface area contributed by atoms with Gasteiger partial charge in [0.25, 0.3) is 0 Å². The Kier molecular flexibility index (Phi) is 3.32. The standard InChI is InChI=1S/C15H18O3/c1-4-9(2)12-13(16)10-7-5-6-8-11(10)14(17)15(12)18-3/h5-9,16-17H,4H2,1-3H3. The van der Waals surface area contributed by atoms with Crippen molar-refractivity contribution in [3.8, 4) is 17.2 Å². The summed E-state index contributed by atoms with van der Waals surface area (Å²) >= 11 is 0. The number of fused-ring (bicyclic) bond motifs is 1. The lowest BCUT2D eigenvalue weighted by Gasteiger charge is -2.19. The van der Waals surface area contributed by atoms with Crippen LogP contribution < -0.4 is 4.74 Å². The van der Waals surface area contributed by atoms with Gasteiger partial charge in [0.15, 0.2) is 11.5 Å². The summed E-state index contributed by atoms with van der Waals surface area (Å²) in [6, 6.07) is 7.24. The van der Waals surface area contributed by atoms with Gasteiger partial charge in [-0.3, -0.25) is 0 Å². The minimum Gasteiger partial charge on any atom is -0.507 e. The molecule has 0 saturated heterocycles. The minimum absolute atomic E-state index is 0.0983. The van der Waals surface area contributed by atoms with Crippen molar-refractivity contribution in [3.05, 3.63) is 29.8 Å². The number of phenolic OH excluding ortho intramolecular Hbond substituents is 2. The lowest BCUT2D eigenvalue weighted by Crippen LogP contribution is -1.98. The van der Waals surface area contributed by atoms with Crippen LogP contribution in [0, 0.1) is 0 Å². The number of ether oxygens (including phenoxy) is 1. The molecule has 18 heavy (non-hydrogen) atoms. The maximum Gasteiger partial charge on any atom is 0.168 e. The van der Waals surface area contributed by atoms with E-state index in [1.54, 1.807) is 12.1 Å². The lowest BCUT2D eigenvalue weighted by atomic mass is 9.92. The van der Waals surface area contributed by atoms with Crippen LogP contribution in [-0.4, -0.2) is 17.3 Å². The SMILES string of the molecule is CCC(C)c1c(OC)c(O)c2ccccc2c1O. The van der Waals surface area contributed by atoms with E-state index in [1.165, 1.54) is 7.11 Å². The van der Waals surface area contributed by atoms with E-state index >= 15 is 0 Å². The van der Waals surface area contributed by atoms with Crippen LogP contribution in [0.25, 0.3) is 10.8 Å². The molecule has 2 rings (SSSR count). The summed E-state index contributed by atoms with van der Waals surface area (Å²) in [5.74, 6) is 0.798. The molecule has 2 aromatic carbocycles. The maximum atomic E-state index is 10.4. The molecule has 0 aliphatic carbocycles. The Morgan fingerprint density at radius 1 is 1.11 bits per heavy atom. The zero-order chi connectivity index (χ0) is 13.3. The molecule has 0 fully saturated rings. The van der Waals surface area contributed by atoms with E-state index in [2.05, 4.69) is 0 Å². The first-order chi connectivity index (χ1) is 8.61. The van der Waals surface area contributed by atoms with E-state index in [0.29, 0.717) is 22.1 Å². The average molecular weight is 246 g/mol. The molecule has 3 nitrogen and oxygen atoms in total.